The number of hydrogen-bond acceptors (Lipinski definition) is 2. The summed E-state index contributed by atoms with van der Waals surface area (Å²) >= 11 is 0. The third-order valence-corrected chi connectivity index (χ3v) is 6.85. The zero-order valence-corrected chi connectivity index (χ0v) is 19.7. The Morgan fingerprint density at radius 1 is 0.800 bits per heavy atom. The first-order chi connectivity index (χ1) is 17.0. The molecular formula is C31H22FN2O+. The second-order valence-electron chi connectivity index (χ2n) is 9.08. The minimum Gasteiger partial charge on any atom is -0.454 e. The molecule has 35 heavy (non-hydrogen) atoms. The van der Waals surface area contributed by atoms with Gasteiger partial charge in [-0.15, -0.1) is 0 Å². The van der Waals surface area contributed by atoms with Crippen molar-refractivity contribution in [2.45, 2.75) is 13.8 Å². The van der Waals surface area contributed by atoms with E-state index < -0.39 is 0 Å². The first-order valence-corrected chi connectivity index (χ1v) is 11.5. The molecular weight excluding hydrogens is 435 g/mol. The molecule has 4 aromatic carbocycles. The molecule has 6 rings (SSSR count). The lowest BCUT2D eigenvalue weighted by molar-refractivity contribution is -0.662. The van der Waals surface area contributed by atoms with E-state index >= 15 is 0 Å². The van der Waals surface area contributed by atoms with Crippen molar-refractivity contribution in [3.05, 3.63) is 102 Å². The molecule has 2 aromatic heterocycles. The fourth-order valence-electron chi connectivity index (χ4n) is 5.01. The third kappa shape index (κ3) is 3.20. The lowest BCUT2D eigenvalue weighted by atomic mass is 9.94. The number of nitrogens with zero attached hydrogens (tertiary/aromatic N) is 2. The van der Waals surface area contributed by atoms with E-state index in [1.165, 1.54) is 6.20 Å². The number of hydrogen-bond donors (Lipinski definition) is 0. The maximum Gasteiger partial charge on any atom is 0.216 e. The number of nitriles is 1. The van der Waals surface area contributed by atoms with Gasteiger partial charge in [-0.25, -0.2) is 4.39 Å². The highest BCUT2D eigenvalue weighted by Gasteiger charge is 2.24. The van der Waals surface area contributed by atoms with E-state index in [9.17, 15) is 9.65 Å². The SMILES string of the molecule is Cc1cc(-c2c(C)ccc3c2oc2c(-c4ccc5ccccc5c4)c(C#N)ccc23)[n+](C)cc1F. The predicted molar refractivity (Wildman–Crippen MR) is 137 cm³/mol. The van der Waals surface area contributed by atoms with E-state index in [2.05, 4.69) is 42.5 Å². The molecule has 168 valence electrons. The third-order valence-electron chi connectivity index (χ3n) is 6.85. The van der Waals surface area contributed by atoms with Crippen LogP contribution in [0.2, 0.25) is 0 Å². The Labute approximate surface area is 202 Å². The van der Waals surface area contributed by atoms with Crippen molar-refractivity contribution in [3.63, 3.8) is 0 Å². The number of furan rings is 1. The van der Waals surface area contributed by atoms with Gasteiger partial charge in [0.05, 0.1) is 17.2 Å². The number of halogens is 1. The number of fused-ring (bicyclic) bond motifs is 4. The van der Waals surface area contributed by atoms with Crippen molar-refractivity contribution >= 4 is 32.7 Å². The quantitative estimate of drug-likeness (QED) is 0.252. The van der Waals surface area contributed by atoms with Crippen molar-refractivity contribution in [1.82, 2.24) is 0 Å². The molecule has 6 aromatic rings. The van der Waals surface area contributed by atoms with Crippen molar-refractivity contribution in [2.75, 3.05) is 0 Å². The molecule has 0 radical (unpaired) electrons. The average molecular weight is 458 g/mol. The molecule has 0 unspecified atom stereocenters. The summed E-state index contributed by atoms with van der Waals surface area (Å²) in [5, 5.41) is 14.1. The molecule has 0 aliphatic carbocycles. The van der Waals surface area contributed by atoms with Gasteiger partial charge < -0.3 is 4.42 Å². The zero-order valence-electron chi connectivity index (χ0n) is 19.7. The van der Waals surface area contributed by atoms with Crippen LogP contribution >= 0.6 is 0 Å². The molecule has 0 saturated heterocycles. The van der Waals surface area contributed by atoms with Crippen LogP contribution in [0.4, 0.5) is 4.39 Å². The van der Waals surface area contributed by atoms with E-state index in [1.54, 1.807) is 11.5 Å². The standard InChI is InChI=1S/C31H22FN2O/c1-18-8-12-24-25-13-11-23(16-33)29(22-10-9-20-6-4-5-7-21(20)15-22)31(25)35-30(24)28(18)27-14-19(2)26(32)17-34(27)3/h4-15,17H,1-3H3/q+1. The summed E-state index contributed by atoms with van der Waals surface area (Å²) < 4.78 is 22.6. The topological polar surface area (TPSA) is 40.8 Å². The second-order valence-corrected chi connectivity index (χ2v) is 9.08. The number of rotatable bonds is 2. The summed E-state index contributed by atoms with van der Waals surface area (Å²) in [6.07, 6.45) is 1.50. The molecule has 3 nitrogen and oxygen atoms in total. The van der Waals surface area contributed by atoms with Gasteiger partial charge in [-0.3, -0.25) is 0 Å². The van der Waals surface area contributed by atoms with E-state index in [1.807, 2.05) is 50.4 Å². The van der Waals surface area contributed by atoms with Crippen LogP contribution in [-0.4, -0.2) is 0 Å². The van der Waals surface area contributed by atoms with Crippen molar-refractivity contribution < 1.29 is 13.4 Å². The van der Waals surface area contributed by atoms with E-state index in [0.29, 0.717) is 16.7 Å². The van der Waals surface area contributed by atoms with Crippen LogP contribution in [0, 0.1) is 31.0 Å². The highest BCUT2D eigenvalue weighted by molar-refractivity contribution is 6.14. The molecule has 4 heteroatoms. The summed E-state index contributed by atoms with van der Waals surface area (Å²) in [4.78, 5) is 0. The molecule has 0 bridgehead atoms. The normalized spacial score (nSPS) is 11.4. The summed E-state index contributed by atoms with van der Waals surface area (Å²) in [5.74, 6) is -0.247. The summed E-state index contributed by atoms with van der Waals surface area (Å²) in [6.45, 7) is 3.80. The first-order valence-electron chi connectivity index (χ1n) is 11.5. The zero-order chi connectivity index (χ0) is 24.3. The molecule has 0 amide bonds. The van der Waals surface area contributed by atoms with Crippen LogP contribution in [0.3, 0.4) is 0 Å². The largest absolute Gasteiger partial charge is 0.454 e. The number of aromatic nitrogens is 1. The Balaban J connectivity index is 1.71. The van der Waals surface area contributed by atoms with Gasteiger partial charge in [0, 0.05) is 22.4 Å². The Hall–Kier alpha value is -4.49. The van der Waals surface area contributed by atoms with Gasteiger partial charge in [-0.05, 0) is 59.5 Å². The fraction of sp³-hybridized carbons (Fsp3) is 0.0968. The van der Waals surface area contributed by atoms with Crippen LogP contribution in [0.15, 0.2) is 83.4 Å². The van der Waals surface area contributed by atoms with Gasteiger partial charge in [0.2, 0.25) is 11.9 Å². The van der Waals surface area contributed by atoms with Crippen LogP contribution < -0.4 is 4.57 Å². The Kier molecular flexibility index (Phi) is 4.69. The number of benzene rings is 4. The minimum absolute atomic E-state index is 0.247. The molecule has 2 heterocycles. The van der Waals surface area contributed by atoms with Crippen molar-refractivity contribution in [2.24, 2.45) is 7.05 Å². The molecule has 0 spiro atoms. The van der Waals surface area contributed by atoms with Gasteiger partial charge in [-0.2, -0.15) is 9.83 Å². The van der Waals surface area contributed by atoms with E-state index in [4.69, 9.17) is 4.42 Å². The molecule has 0 atom stereocenters. The number of pyridine rings is 1. The average Bonchev–Trinajstić information content (AvgIpc) is 3.24. The number of aryl methyl sites for hydroxylation is 3. The van der Waals surface area contributed by atoms with Crippen LogP contribution in [0.5, 0.6) is 0 Å². The highest BCUT2D eigenvalue weighted by atomic mass is 19.1. The fourth-order valence-corrected chi connectivity index (χ4v) is 5.01. The van der Waals surface area contributed by atoms with Gasteiger partial charge in [0.15, 0.2) is 5.82 Å². The predicted octanol–water partition coefficient (Wildman–Crippen LogP) is 7.53. The monoisotopic (exact) mass is 457 g/mol. The molecule has 0 N–H and O–H groups in total. The molecule has 0 aliphatic heterocycles. The Morgan fingerprint density at radius 3 is 2.29 bits per heavy atom. The minimum atomic E-state index is -0.247. The summed E-state index contributed by atoms with van der Waals surface area (Å²) in [5.41, 5.74) is 7.11. The van der Waals surface area contributed by atoms with Gasteiger partial charge >= 0.3 is 0 Å². The smallest absolute Gasteiger partial charge is 0.216 e. The van der Waals surface area contributed by atoms with Gasteiger partial charge in [0.1, 0.15) is 18.2 Å². The van der Waals surface area contributed by atoms with Gasteiger partial charge in [-0.1, -0.05) is 48.5 Å². The van der Waals surface area contributed by atoms with Crippen LogP contribution in [0.25, 0.3) is 55.1 Å². The highest BCUT2D eigenvalue weighted by Crippen LogP contribution is 2.42. The van der Waals surface area contributed by atoms with E-state index in [0.717, 1.165) is 55.1 Å². The van der Waals surface area contributed by atoms with Crippen molar-refractivity contribution in [1.29, 1.82) is 5.26 Å². The molecule has 0 saturated carbocycles. The van der Waals surface area contributed by atoms with Crippen LogP contribution in [-0.2, 0) is 7.05 Å². The maximum atomic E-state index is 14.2. The lowest BCUT2D eigenvalue weighted by Crippen LogP contribution is -2.31. The first kappa shape index (κ1) is 21.1. The van der Waals surface area contributed by atoms with Crippen molar-refractivity contribution in [3.8, 4) is 28.5 Å². The van der Waals surface area contributed by atoms with Crippen LogP contribution in [0.1, 0.15) is 16.7 Å². The van der Waals surface area contributed by atoms with E-state index in [-0.39, 0.29) is 5.82 Å². The maximum absolute atomic E-state index is 14.2. The Bertz CT molecular complexity index is 1860. The second kappa shape index (κ2) is 7.78. The summed E-state index contributed by atoms with van der Waals surface area (Å²) in [7, 11) is 1.84. The van der Waals surface area contributed by atoms with Gasteiger partial charge in [0.25, 0.3) is 0 Å². The molecule has 0 fully saturated rings. The molecule has 0 aliphatic rings. The summed E-state index contributed by atoms with van der Waals surface area (Å²) in [6, 6.07) is 26.6. The Morgan fingerprint density at radius 2 is 1.51 bits per heavy atom. The lowest BCUT2D eigenvalue weighted by Gasteiger charge is -2.07.